The molecule has 0 saturated carbocycles. The van der Waals surface area contributed by atoms with E-state index < -0.39 is 0 Å². The van der Waals surface area contributed by atoms with Gasteiger partial charge in [-0.05, 0) is 55.2 Å². The summed E-state index contributed by atoms with van der Waals surface area (Å²) in [6.07, 6.45) is 2.02. The minimum absolute atomic E-state index is 0.0587. The van der Waals surface area contributed by atoms with Crippen LogP contribution in [0, 0.1) is 6.92 Å². The molecule has 2 aromatic rings. The normalized spacial score (nSPS) is 12.9. The molecule has 0 fully saturated rings. The lowest BCUT2D eigenvalue weighted by atomic mass is 9.97. The second-order valence-corrected chi connectivity index (χ2v) is 6.25. The highest BCUT2D eigenvalue weighted by atomic mass is 16.5. The maximum Gasteiger partial charge on any atom is 0.254 e. The van der Waals surface area contributed by atoms with Crippen molar-refractivity contribution in [2.75, 3.05) is 32.1 Å². The fourth-order valence-electron chi connectivity index (χ4n) is 3.02. The van der Waals surface area contributed by atoms with Crippen LogP contribution >= 0.6 is 0 Å². The molecule has 0 spiro atoms. The number of rotatable bonds is 5. The molecule has 2 aromatic carbocycles. The Labute approximate surface area is 143 Å². The van der Waals surface area contributed by atoms with Crippen LogP contribution in [-0.4, -0.2) is 37.6 Å². The van der Waals surface area contributed by atoms with Gasteiger partial charge in [-0.2, -0.15) is 0 Å². The number of likely N-dealkylation sites (N-methyl/N-ethyl adjacent to an activating group) is 1. The highest BCUT2D eigenvalue weighted by Crippen LogP contribution is 2.26. The average molecular weight is 324 g/mol. The van der Waals surface area contributed by atoms with E-state index in [0.717, 1.165) is 42.0 Å². The van der Waals surface area contributed by atoms with Crippen LogP contribution < -0.4 is 10.1 Å². The smallest absolute Gasteiger partial charge is 0.254 e. The highest BCUT2D eigenvalue weighted by molar-refractivity contribution is 5.97. The van der Waals surface area contributed by atoms with Gasteiger partial charge in [-0.15, -0.1) is 0 Å². The maximum absolute atomic E-state index is 12.8. The molecule has 0 unspecified atom stereocenters. The summed E-state index contributed by atoms with van der Waals surface area (Å²) in [6, 6.07) is 13.9. The molecule has 1 aliphatic heterocycles. The van der Waals surface area contributed by atoms with E-state index >= 15 is 0 Å². The summed E-state index contributed by atoms with van der Waals surface area (Å²) in [4.78, 5) is 14.5. The van der Waals surface area contributed by atoms with Crippen LogP contribution in [0.4, 0.5) is 5.69 Å². The van der Waals surface area contributed by atoms with Gasteiger partial charge in [0, 0.05) is 24.8 Å². The second-order valence-electron chi connectivity index (χ2n) is 6.25. The van der Waals surface area contributed by atoms with Crippen molar-refractivity contribution in [2.45, 2.75) is 19.8 Å². The van der Waals surface area contributed by atoms with Crippen molar-refractivity contribution >= 4 is 11.6 Å². The Hall–Kier alpha value is -2.49. The standard InChI is InChI=1S/C20H24N2O2/c1-15-6-3-7-16(14-15)24-13-12-22(2)20(23)18-8-4-10-19-17(18)9-5-11-21-19/h3-4,6-8,10,14,21H,5,9,11-13H2,1-2H3. The molecule has 0 saturated heterocycles. The minimum atomic E-state index is 0.0587. The monoisotopic (exact) mass is 324 g/mol. The van der Waals surface area contributed by atoms with E-state index in [4.69, 9.17) is 4.74 Å². The van der Waals surface area contributed by atoms with Crippen LogP contribution in [0.3, 0.4) is 0 Å². The van der Waals surface area contributed by atoms with Crippen molar-refractivity contribution in [3.05, 3.63) is 59.2 Å². The molecule has 1 N–H and O–H groups in total. The SMILES string of the molecule is Cc1cccc(OCCN(C)C(=O)c2cccc3c2CCCN3)c1. The zero-order valence-electron chi connectivity index (χ0n) is 14.3. The number of anilines is 1. The molecule has 0 bridgehead atoms. The van der Waals surface area contributed by atoms with Gasteiger partial charge in [0.25, 0.3) is 5.91 Å². The number of nitrogens with one attached hydrogen (secondary N) is 1. The topological polar surface area (TPSA) is 41.6 Å². The van der Waals surface area contributed by atoms with Gasteiger partial charge in [0.1, 0.15) is 12.4 Å². The van der Waals surface area contributed by atoms with E-state index in [1.54, 1.807) is 4.90 Å². The van der Waals surface area contributed by atoms with E-state index in [2.05, 4.69) is 5.32 Å². The third-order valence-electron chi connectivity index (χ3n) is 4.36. The first-order valence-electron chi connectivity index (χ1n) is 8.46. The summed E-state index contributed by atoms with van der Waals surface area (Å²) in [5.41, 5.74) is 4.20. The molecule has 1 aliphatic rings. The minimum Gasteiger partial charge on any atom is -0.492 e. The molecular weight excluding hydrogens is 300 g/mol. The van der Waals surface area contributed by atoms with Gasteiger partial charge in [0.15, 0.2) is 0 Å². The van der Waals surface area contributed by atoms with Gasteiger partial charge >= 0.3 is 0 Å². The first kappa shape index (κ1) is 16.4. The van der Waals surface area contributed by atoms with Crippen LogP contribution in [0.5, 0.6) is 5.75 Å². The van der Waals surface area contributed by atoms with Crippen LogP contribution in [-0.2, 0) is 6.42 Å². The van der Waals surface area contributed by atoms with E-state index in [0.29, 0.717) is 13.2 Å². The largest absolute Gasteiger partial charge is 0.492 e. The Bertz CT molecular complexity index is 727. The molecule has 4 heteroatoms. The lowest BCUT2D eigenvalue weighted by Crippen LogP contribution is -2.32. The highest BCUT2D eigenvalue weighted by Gasteiger charge is 2.19. The summed E-state index contributed by atoms with van der Waals surface area (Å²) in [5.74, 6) is 0.903. The van der Waals surface area contributed by atoms with Gasteiger partial charge < -0.3 is 15.0 Å². The fraction of sp³-hybridized carbons (Fsp3) is 0.350. The molecule has 4 nitrogen and oxygen atoms in total. The van der Waals surface area contributed by atoms with Gasteiger partial charge in [-0.1, -0.05) is 18.2 Å². The summed E-state index contributed by atoms with van der Waals surface area (Å²) < 4.78 is 5.75. The Morgan fingerprint density at radius 1 is 1.25 bits per heavy atom. The molecule has 126 valence electrons. The number of carbonyl (C=O) groups excluding carboxylic acids is 1. The second kappa shape index (κ2) is 7.39. The first-order chi connectivity index (χ1) is 11.6. The summed E-state index contributed by atoms with van der Waals surface area (Å²) in [5, 5.41) is 3.37. The Kier molecular flexibility index (Phi) is 5.04. The van der Waals surface area contributed by atoms with Crippen LogP contribution in [0.1, 0.15) is 27.9 Å². The fourth-order valence-corrected chi connectivity index (χ4v) is 3.02. The quantitative estimate of drug-likeness (QED) is 0.915. The van der Waals surface area contributed by atoms with Crippen molar-refractivity contribution in [3.8, 4) is 5.75 Å². The molecular formula is C20H24N2O2. The summed E-state index contributed by atoms with van der Waals surface area (Å²) >= 11 is 0. The Balaban J connectivity index is 1.61. The zero-order valence-corrected chi connectivity index (χ0v) is 14.3. The predicted molar refractivity (Wildman–Crippen MR) is 96.9 cm³/mol. The molecule has 1 heterocycles. The van der Waals surface area contributed by atoms with E-state index in [9.17, 15) is 4.79 Å². The van der Waals surface area contributed by atoms with Crippen molar-refractivity contribution in [1.29, 1.82) is 0 Å². The molecule has 0 atom stereocenters. The number of ether oxygens (including phenoxy) is 1. The van der Waals surface area contributed by atoms with Crippen molar-refractivity contribution in [2.24, 2.45) is 0 Å². The number of fused-ring (bicyclic) bond motifs is 1. The lowest BCUT2D eigenvalue weighted by Gasteiger charge is -2.23. The first-order valence-corrected chi connectivity index (χ1v) is 8.46. The summed E-state index contributed by atoms with van der Waals surface area (Å²) in [6.45, 7) is 4.06. The predicted octanol–water partition coefficient (Wildman–Crippen LogP) is 3.50. The third-order valence-corrected chi connectivity index (χ3v) is 4.36. The van der Waals surface area contributed by atoms with E-state index in [-0.39, 0.29) is 5.91 Å². The number of aryl methyl sites for hydroxylation is 1. The Morgan fingerprint density at radius 3 is 2.92 bits per heavy atom. The van der Waals surface area contributed by atoms with Crippen molar-refractivity contribution in [1.82, 2.24) is 4.90 Å². The van der Waals surface area contributed by atoms with E-state index in [1.165, 1.54) is 5.56 Å². The number of carbonyl (C=O) groups is 1. The molecule has 0 aliphatic carbocycles. The van der Waals surface area contributed by atoms with E-state index in [1.807, 2.05) is 56.4 Å². The van der Waals surface area contributed by atoms with Crippen molar-refractivity contribution < 1.29 is 9.53 Å². The zero-order chi connectivity index (χ0) is 16.9. The number of nitrogens with zero attached hydrogens (tertiary/aromatic N) is 1. The van der Waals surface area contributed by atoms with Gasteiger partial charge in [0.2, 0.25) is 0 Å². The average Bonchev–Trinajstić information content (AvgIpc) is 2.60. The maximum atomic E-state index is 12.8. The van der Waals surface area contributed by atoms with Gasteiger partial charge in [0.05, 0.1) is 6.54 Å². The summed E-state index contributed by atoms with van der Waals surface area (Å²) in [7, 11) is 1.83. The molecule has 0 radical (unpaired) electrons. The Morgan fingerprint density at radius 2 is 2.08 bits per heavy atom. The van der Waals surface area contributed by atoms with Gasteiger partial charge in [-0.25, -0.2) is 0 Å². The molecule has 24 heavy (non-hydrogen) atoms. The number of hydrogen-bond acceptors (Lipinski definition) is 3. The van der Waals surface area contributed by atoms with Crippen LogP contribution in [0.15, 0.2) is 42.5 Å². The lowest BCUT2D eigenvalue weighted by molar-refractivity contribution is 0.0772. The van der Waals surface area contributed by atoms with Crippen LogP contribution in [0.25, 0.3) is 0 Å². The van der Waals surface area contributed by atoms with Crippen molar-refractivity contribution in [3.63, 3.8) is 0 Å². The number of hydrogen-bond donors (Lipinski definition) is 1. The third kappa shape index (κ3) is 3.70. The van der Waals surface area contributed by atoms with Crippen LogP contribution in [0.2, 0.25) is 0 Å². The molecule has 0 aromatic heterocycles. The molecule has 1 amide bonds. The number of benzene rings is 2. The number of amides is 1. The van der Waals surface area contributed by atoms with Gasteiger partial charge in [-0.3, -0.25) is 4.79 Å². The molecule has 3 rings (SSSR count).